The van der Waals surface area contributed by atoms with Crippen molar-refractivity contribution >= 4 is 23.6 Å². The second kappa shape index (κ2) is 4.52. The predicted octanol–water partition coefficient (Wildman–Crippen LogP) is -0.977. The molecule has 0 aromatic heterocycles. The monoisotopic (exact) mass is 270 g/mol. The van der Waals surface area contributed by atoms with E-state index in [1.54, 1.807) is 0 Å². The minimum absolute atomic E-state index is 0.250. The molecule has 1 aliphatic rings. The highest BCUT2D eigenvalue weighted by Crippen LogP contribution is 2.26. The van der Waals surface area contributed by atoms with Crippen LogP contribution in [0.5, 0.6) is 0 Å². The van der Waals surface area contributed by atoms with Crippen LogP contribution in [0.4, 0.5) is 0 Å². The lowest BCUT2D eigenvalue weighted by Crippen LogP contribution is -2.68. The zero-order chi connectivity index (χ0) is 15.0. The Hall–Kier alpha value is -2.12. The summed E-state index contributed by atoms with van der Waals surface area (Å²) in [6.45, 7) is 5.71. The van der Waals surface area contributed by atoms with Crippen molar-refractivity contribution < 1.29 is 19.6 Å². The summed E-state index contributed by atoms with van der Waals surface area (Å²) in [5.74, 6) is -1.97. The molecule has 0 aromatic carbocycles. The second-order valence-electron chi connectivity index (χ2n) is 5.44. The third kappa shape index (κ3) is 2.38. The van der Waals surface area contributed by atoms with E-state index in [1.807, 2.05) is 0 Å². The molecule has 1 saturated heterocycles. The molecule has 1 aliphatic heterocycles. The van der Waals surface area contributed by atoms with Crippen LogP contribution in [-0.4, -0.2) is 45.7 Å². The first-order valence-corrected chi connectivity index (χ1v) is 5.69. The van der Waals surface area contributed by atoms with Gasteiger partial charge in [0.2, 0.25) is 11.8 Å². The molecule has 3 amide bonds. The fourth-order valence-corrected chi connectivity index (χ4v) is 1.68. The van der Waals surface area contributed by atoms with Crippen molar-refractivity contribution in [1.29, 1.82) is 0 Å². The van der Waals surface area contributed by atoms with Gasteiger partial charge in [0.15, 0.2) is 5.84 Å². The van der Waals surface area contributed by atoms with Crippen LogP contribution in [0.15, 0.2) is 5.16 Å². The average Bonchev–Trinajstić information content (AvgIpc) is 2.32. The standard InChI is InChI=1S/C11H18N4O4/c1-10(2,7(12)14-19)9(18)15-5-6(16)13-8(17)11(15,3)4/h19H,5H2,1-4H3,(H2,12,14)(H,13,16,17). The number of carbonyl (C=O) groups is 3. The van der Waals surface area contributed by atoms with Crippen LogP contribution in [0.3, 0.4) is 0 Å². The van der Waals surface area contributed by atoms with Gasteiger partial charge in [0.1, 0.15) is 17.5 Å². The van der Waals surface area contributed by atoms with Crippen molar-refractivity contribution in [2.24, 2.45) is 16.3 Å². The number of nitrogens with one attached hydrogen (secondary N) is 1. The summed E-state index contributed by atoms with van der Waals surface area (Å²) in [6, 6.07) is 0. The van der Waals surface area contributed by atoms with E-state index in [-0.39, 0.29) is 12.4 Å². The van der Waals surface area contributed by atoms with Crippen LogP contribution < -0.4 is 11.1 Å². The minimum Gasteiger partial charge on any atom is -0.409 e. The molecule has 0 unspecified atom stereocenters. The Morgan fingerprint density at radius 1 is 1.47 bits per heavy atom. The highest BCUT2D eigenvalue weighted by molar-refractivity contribution is 6.11. The SMILES string of the molecule is CC(C)(C(=O)N1CC(=O)NC(=O)C1(C)C)C(N)=NO. The number of piperazine rings is 1. The molecule has 1 heterocycles. The Bertz CT molecular complexity index is 467. The number of nitrogens with zero attached hydrogens (tertiary/aromatic N) is 2. The average molecular weight is 270 g/mol. The normalized spacial score (nSPS) is 20.2. The van der Waals surface area contributed by atoms with Gasteiger partial charge in [-0.05, 0) is 27.7 Å². The number of rotatable bonds is 2. The molecule has 1 fully saturated rings. The number of hydrogen-bond acceptors (Lipinski definition) is 5. The van der Waals surface area contributed by atoms with Gasteiger partial charge in [-0.3, -0.25) is 19.7 Å². The summed E-state index contributed by atoms with van der Waals surface area (Å²) in [7, 11) is 0. The summed E-state index contributed by atoms with van der Waals surface area (Å²) in [4.78, 5) is 36.8. The first kappa shape index (κ1) is 14.9. The first-order valence-electron chi connectivity index (χ1n) is 5.69. The Labute approximate surface area is 110 Å². The van der Waals surface area contributed by atoms with Gasteiger partial charge in [-0.2, -0.15) is 0 Å². The zero-order valence-corrected chi connectivity index (χ0v) is 11.4. The maximum Gasteiger partial charge on any atom is 0.252 e. The number of amidine groups is 1. The number of imide groups is 1. The van der Waals surface area contributed by atoms with Crippen molar-refractivity contribution in [3.05, 3.63) is 0 Å². The molecule has 106 valence electrons. The number of oxime groups is 1. The first-order chi connectivity index (χ1) is 8.55. The number of carbonyl (C=O) groups excluding carboxylic acids is 3. The summed E-state index contributed by atoms with van der Waals surface area (Å²) >= 11 is 0. The molecule has 0 bridgehead atoms. The van der Waals surface area contributed by atoms with Gasteiger partial charge in [-0.25, -0.2) is 0 Å². The van der Waals surface area contributed by atoms with Crippen LogP contribution in [0.25, 0.3) is 0 Å². The van der Waals surface area contributed by atoms with Crippen molar-refractivity contribution in [3.63, 3.8) is 0 Å². The highest BCUT2D eigenvalue weighted by atomic mass is 16.4. The molecule has 8 nitrogen and oxygen atoms in total. The molecular formula is C11H18N4O4. The summed E-state index contributed by atoms with van der Waals surface area (Å²) in [6.07, 6.45) is 0. The molecule has 19 heavy (non-hydrogen) atoms. The molecular weight excluding hydrogens is 252 g/mol. The fourth-order valence-electron chi connectivity index (χ4n) is 1.68. The smallest absolute Gasteiger partial charge is 0.252 e. The van der Waals surface area contributed by atoms with E-state index >= 15 is 0 Å². The lowest BCUT2D eigenvalue weighted by atomic mass is 9.86. The van der Waals surface area contributed by atoms with Gasteiger partial charge in [0.05, 0.1) is 0 Å². The summed E-state index contributed by atoms with van der Waals surface area (Å²) < 4.78 is 0. The molecule has 0 radical (unpaired) electrons. The Balaban J connectivity index is 3.17. The van der Waals surface area contributed by atoms with E-state index < -0.39 is 28.7 Å². The third-order valence-corrected chi connectivity index (χ3v) is 3.31. The lowest BCUT2D eigenvalue weighted by molar-refractivity contribution is -0.158. The zero-order valence-electron chi connectivity index (χ0n) is 11.4. The summed E-state index contributed by atoms with van der Waals surface area (Å²) in [5.41, 5.74) is 2.99. The second-order valence-corrected chi connectivity index (χ2v) is 5.44. The van der Waals surface area contributed by atoms with Gasteiger partial charge < -0.3 is 15.8 Å². The Kier molecular flexibility index (Phi) is 3.56. The molecule has 0 spiro atoms. The van der Waals surface area contributed by atoms with Crippen molar-refractivity contribution in [2.75, 3.05) is 6.54 Å². The molecule has 0 atom stereocenters. The third-order valence-electron chi connectivity index (χ3n) is 3.31. The maximum absolute atomic E-state index is 12.4. The summed E-state index contributed by atoms with van der Waals surface area (Å²) in [5, 5.41) is 13.7. The largest absolute Gasteiger partial charge is 0.409 e. The van der Waals surface area contributed by atoms with Crippen molar-refractivity contribution in [2.45, 2.75) is 33.2 Å². The number of nitrogens with two attached hydrogens (primary N) is 1. The van der Waals surface area contributed by atoms with Crippen LogP contribution in [0.2, 0.25) is 0 Å². The van der Waals surface area contributed by atoms with Gasteiger partial charge in [0, 0.05) is 0 Å². The number of amides is 3. The fraction of sp³-hybridized carbons (Fsp3) is 0.636. The van der Waals surface area contributed by atoms with E-state index in [0.717, 1.165) is 4.90 Å². The quantitative estimate of drug-likeness (QED) is 0.195. The van der Waals surface area contributed by atoms with Crippen molar-refractivity contribution in [3.8, 4) is 0 Å². The van der Waals surface area contributed by atoms with Crippen LogP contribution >= 0.6 is 0 Å². The molecule has 0 aromatic rings. The topological polar surface area (TPSA) is 125 Å². The van der Waals surface area contributed by atoms with E-state index in [2.05, 4.69) is 10.5 Å². The molecule has 0 saturated carbocycles. The maximum atomic E-state index is 12.4. The molecule has 0 aliphatic carbocycles. The predicted molar refractivity (Wildman–Crippen MR) is 66.1 cm³/mol. The van der Waals surface area contributed by atoms with Gasteiger partial charge in [0.25, 0.3) is 5.91 Å². The minimum atomic E-state index is -1.32. The number of hydrogen-bond donors (Lipinski definition) is 3. The van der Waals surface area contributed by atoms with Gasteiger partial charge in [-0.15, -0.1) is 0 Å². The van der Waals surface area contributed by atoms with Crippen LogP contribution in [-0.2, 0) is 14.4 Å². The molecule has 8 heteroatoms. The Morgan fingerprint density at radius 2 is 2.00 bits per heavy atom. The van der Waals surface area contributed by atoms with E-state index in [4.69, 9.17) is 10.9 Å². The lowest BCUT2D eigenvalue weighted by Gasteiger charge is -2.43. The Morgan fingerprint density at radius 3 is 2.47 bits per heavy atom. The van der Waals surface area contributed by atoms with E-state index in [9.17, 15) is 14.4 Å². The molecule has 4 N–H and O–H groups in total. The van der Waals surface area contributed by atoms with Gasteiger partial charge in [-0.1, -0.05) is 5.16 Å². The van der Waals surface area contributed by atoms with Crippen molar-refractivity contribution in [1.82, 2.24) is 10.2 Å². The highest BCUT2D eigenvalue weighted by Gasteiger charge is 2.48. The van der Waals surface area contributed by atoms with Crippen LogP contribution in [0, 0.1) is 5.41 Å². The van der Waals surface area contributed by atoms with E-state index in [1.165, 1.54) is 27.7 Å². The van der Waals surface area contributed by atoms with E-state index in [0.29, 0.717) is 0 Å². The van der Waals surface area contributed by atoms with Crippen LogP contribution in [0.1, 0.15) is 27.7 Å². The van der Waals surface area contributed by atoms with Gasteiger partial charge >= 0.3 is 0 Å². The molecule has 1 rings (SSSR count).